The van der Waals surface area contributed by atoms with Crippen molar-refractivity contribution < 1.29 is 4.79 Å². The summed E-state index contributed by atoms with van der Waals surface area (Å²) in [6.07, 6.45) is 1.72. The lowest BCUT2D eigenvalue weighted by atomic mass is 10.1. The van der Waals surface area contributed by atoms with E-state index in [2.05, 4.69) is 24.1 Å². The van der Waals surface area contributed by atoms with Crippen molar-refractivity contribution in [2.75, 3.05) is 25.0 Å². The van der Waals surface area contributed by atoms with Crippen LogP contribution in [0, 0.1) is 17.3 Å². The zero-order valence-electron chi connectivity index (χ0n) is 10.9. The summed E-state index contributed by atoms with van der Waals surface area (Å²) in [7, 11) is 0. The van der Waals surface area contributed by atoms with Crippen LogP contribution in [0.3, 0.4) is 0 Å². The number of rotatable bonds is 3. The lowest BCUT2D eigenvalue weighted by Crippen LogP contribution is -2.36. The van der Waals surface area contributed by atoms with Crippen molar-refractivity contribution in [3.8, 4) is 0 Å². The monoisotopic (exact) mass is 245 g/mol. The van der Waals surface area contributed by atoms with Crippen LogP contribution in [0.2, 0.25) is 0 Å². The third-order valence-electron chi connectivity index (χ3n) is 4.56. The summed E-state index contributed by atoms with van der Waals surface area (Å²) >= 11 is 0. The fourth-order valence-corrected chi connectivity index (χ4v) is 3.08. The fourth-order valence-electron chi connectivity index (χ4n) is 3.08. The molecule has 2 fully saturated rings. The molecule has 1 saturated heterocycles. The van der Waals surface area contributed by atoms with E-state index in [1.807, 2.05) is 23.1 Å². The van der Waals surface area contributed by atoms with Gasteiger partial charge in [-0.15, -0.1) is 0 Å². The van der Waals surface area contributed by atoms with Gasteiger partial charge in [-0.3, -0.25) is 4.79 Å². The number of fused-ring (bicyclic) bond motifs is 1. The highest BCUT2D eigenvalue weighted by Crippen LogP contribution is 2.61. The van der Waals surface area contributed by atoms with Crippen molar-refractivity contribution in [3.63, 3.8) is 0 Å². The van der Waals surface area contributed by atoms with Gasteiger partial charge in [-0.2, -0.15) is 0 Å². The van der Waals surface area contributed by atoms with E-state index in [-0.39, 0.29) is 5.91 Å². The van der Waals surface area contributed by atoms with Gasteiger partial charge in [0.05, 0.1) is 6.54 Å². The number of aromatic nitrogens is 1. The zero-order chi connectivity index (χ0) is 12.8. The Bertz CT molecular complexity index is 443. The molecule has 4 heteroatoms. The van der Waals surface area contributed by atoms with Gasteiger partial charge in [0, 0.05) is 19.3 Å². The molecule has 4 nitrogen and oxygen atoms in total. The number of piperidine rings is 1. The summed E-state index contributed by atoms with van der Waals surface area (Å²) in [5.74, 6) is 2.38. The van der Waals surface area contributed by atoms with Gasteiger partial charge in [-0.05, 0) is 29.4 Å². The maximum Gasteiger partial charge on any atom is 0.241 e. The maximum atomic E-state index is 12.0. The van der Waals surface area contributed by atoms with Crippen LogP contribution in [0.25, 0.3) is 0 Å². The molecule has 18 heavy (non-hydrogen) atoms. The van der Waals surface area contributed by atoms with Crippen LogP contribution < -0.4 is 5.32 Å². The Labute approximate surface area is 107 Å². The van der Waals surface area contributed by atoms with E-state index < -0.39 is 0 Å². The second-order valence-corrected chi connectivity index (χ2v) is 5.90. The van der Waals surface area contributed by atoms with Crippen molar-refractivity contribution in [2.45, 2.75) is 13.8 Å². The molecule has 2 unspecified atom stereocenters. The Morgan fingerprint density at radius 1 is 1.44 bits per heavy atom. The maximum absolute atomic E-state index is 12.0. The van der Waals surface area contributed by atoms with Crippen LogP contribution in [0.4, 0.5) is 5.82 Å². The number of likely N-dealkylation sites (tertiary alicyclic amines) is 1. The molecule has 1 N–H and O–H groups in total. The molecule has 1 aliphatic carbocycles. The van der Waals surface area contributed by atoms with E-state index in [0.717, 1.165) is 30.7 Å². The van der Waals surface area contributed by atoms with E-state index in [0.29, 0.717) is 12.0 Å². The average Bonchev–Trinajstić information content (AvgIpc) is 2.78. The van der Waals surface area contributed by atoms with E-state index in [4.69, 9.17) is 0 Å². The number of nitrogens with zero attached hydrogens (tertiary/aromatic N) is 2. The first-order valence-corrected chi connectivity index (χ1v) is 6.51. The molecule has 0 spiro atoms. The predicted molar refractivity (Wildman–Crippen MR) is 70.1 cm³/mol. The van der Waals surface area contributed by atoms with Gasteiger partial charge in [-0.1, -0.05) is 19.9 Å². The molecular weight excluding hydrogens is 226 g/mol. The number of pyridine rings is 1. The lowest BCUT2D eigenvalue weighted by molar-refractivity contribution is -0.129. The number of carbonyl (C=O) groups excluding carboxylic acids is 1. The molecule has 1 aromatic heterocycles. The molecule has 1 saturated carbocycles. The minimum Gasteiger partial charge on any atom is -0.361 e. The van der Waals surface area contributed by atoms with E-state index in [9.17, 15) is 4.79 Å². The molecule has 1 amide bonds. The number of hydrogen-bond acceptors (Lipinski definition) is 3. The number of nitrogens with one attached hydrogen (secondary N) is 1. The van der Waals surface area contributed by atoms with Gasteiger partial charge in [0.2, 0.25) is 5.91 Å². The molecular formula is C14H19N3O. The standard InChI is InChI=1S/C14H19N3O/c1-14(2)10-8-17(9-11(10)14)13(18)7-16-12-5-3-4-6-15-12/h3-6,10-11H,7-9H2,1-2H3,(H,15,16). The highest BCUT2D eigenvalue weighted by Gasteiger charge is 2.62. The molecule has 1 aromatic rings. The van der Waals surface area contributed by atoms with Crippen LogP contribution in [-0.2, 0) is 4.79 Å². The summed E-state index contributed by atoms with van der Waals surface area (Å²) in [6, 6.07) is 5.65. The quantitative estimate of drug-likeness (QED) is 0.880. The smallest absolute Gasteiger partial charge is 0.241 e. The molecule has 0 bridgehead atoms. The number of anilines is 1. The number of amides is 1. The van der Waals surface area contributed by atoms with Gasteiger partial charge in [0.1, 0.15) is 5.82 Å². The second-order valence-electron chi connectivity index (χ2n) is 5.90. The van der Waals surface area contributed by atoms with Crippen molar-refractivity contribution in [1.82, 2.24) is 9.88 Å². The molecule has 1 aliphatic heterocycles. The van der Waals surface area contributed by atoms with Crippen LogP contribution in [0.15, 0.2) is 24.4 Å². The van der Waals surface area contributed by atoms with Crippen molar-refractivity contribution in [2.24, 2.45) is 17.3 Å². The Balaban J connectivity index is 1.49. The first-order valence-electron chi connectivity index (χ1n) is 6.51. The summed E-state index contributed by atoms with van der Waals surface area (Å²) in [4.78, 5) is 18.2. The van der Waals surface area contributed by atoms with Crippen LogP contribution >= 0.6 is 0 Å². The summed E-state index contributed by atoms with van der Waals surface area (Å²) in [5, 5.41) is 3.07. The first kappa shape index (κ1) is 11.5. The van der Waals surface area contributed by atoms with E-state index in [1.54, 1.807) is 6.20 Å². The molecule has 2 aliphatic rings. The summed E-state index contributed by atoms with van der Waals surface area (Å²) in [5.41, 5.74) is 0.463. The van der Waals surface area contributed by atoms with Gasteiger partial charge < -0.3 is 10.2 Å². The van der Waals surface area contributed by atoms with E-state index >= 15 is 0 Å². The normalized spacial score (nSPS) is 27.8. The largest absolute Gasteiger partial charge is 0.361 e. The van der Waals surface area contributed by atoms with Gasteiger partial charge in [0.25, 0.3) is 0 Å². The third-order valence-corrected chi connectivity index (χ3v) is 4.56. The highest BCUT2D eigenvalue weighted by molar-refractivity contribution is 5.81. The summed E-state index contributed by atoms with van der Waals surface area (Å²) < 4.78 is 0. The van der Waals surface area contributed by atoms with Crippen molar-refractivity contribution in [3.05, 3.63) is 24.4 Å². The minimum absolute atomic E-state index is 0.184. The highest BCUT2D eigenvalue weighted by atomic mass is 16.2. The average molecular weight is 245 g/mol. The van der Waals surface area contributed by atoms with Crippen molar-refractivity contribution in [1.29, 1.82) is 0 Å². The Morgan fingerprint density at radius 3 is 2.78 bits per heavy atom. The molecule has 3 rings (SSSR count). The van der Waals surface area contributed by atoms with Gasteiger partial charge in [0.15, 0.2) is 0 Å². The Morgan fingerprint density at radius 2 is 2.17 bits per heavy atom. The van der Waals surface area contributed by atoms with E-state index in [1.165, 1.54) is 0 Å². The molecule has 96 valence electrons. The molecule has 2 atom stereocenters. The first-order chi connectivity index (χ1) is 8.59. The van der Waals surface area contributed by atoms with Gasteiger partial charge in [-0.25, -0.2) is 4.98 Å². The van der Waals surface area contributed by atoms with Crippen LogP contribution in [0.1, 0.15) is 13.8 Å². The Hall–Kier alpha value is -1.58. The molecule has 2 heterocycles. The number of carbonyl (C=O) groups is 1. The lowest BCUT2D eigenvalue weighted by Gasteiger charge is -2.22. The van der Waals surface area contributed by atoms with Crippen molar-refractivity contribution >= 4 is 11.7 Å². The minimum atomic E-state index is 0.184. The molecule has 0 radical (unpaired) electrons. The van der Waals surface area contributed by atoms with Crippen LogP contribution in [0.5, 0.6) is 0 Å². The zero-order valence-corrected chi connectivity index (χ0v) is 10.9. The topological polar surface area (TPSA) is 45.2 Å². The molecule has 0 aromatic carbocycles. The predicted octanol–water partition coefficient (Wildman–Crippen LogP) is 1.61. The Kier molecular flexibility index (Phi) is 2.54. The third kappa shape index (κ3) is 1.85. The number of hydrogen-bond donors (Lipinski definition) is 1. The fraction of sp³-hybridized carbons (Fsp3) is 0.571. The van der Waals surface area contributed by atoms with Gasteiger partial charge >= 0.3 is 0 Å². The SMILES string of the molecule is CC1(C)C2CN(C(=O)CNc3ccccn3)CC21. The summed E-state index contributed by atoms with van der Waals surface area (Å²) in [6.45, 7) is 6.81. The van der Waals surface area contributed by atoms with Crippen LogP contribution in [-0.4, -0.2) is 35.4 Å². The second kappa shape index (κ2) is 3.97.